The van der Waals surface area contributed by atoms with Crippen LogP contribution in [0.4, 0.5) is 10.5 Å². The number of rotatable bonds is 4. The minimum Gasteiger partial charge on any atom is -0.486 e. The van der Waals surface area contributed by atoms with Gasteiger partial charge in [0, 0.05) is 24.8 Å². The Kier molecular flexibility index (Phi) is 5.82. The molecule has 0 radical (unpaired) electrons. The molecule has 2 aliphatic rings. The fourth-order valence-corrected chi connectivity index (χ4v) is 2.92. The zero-order valence-corrected chi connectivity index (χ0v) is 15.1. The molecule has 0 bridgehead atoms. The van der Waals surface area contributed by atoms with Crippen LogP contribution < -0.4 is 20.1 Å². The van der Waals surface area contributed by atoms with E-state index >= 15 is 0 Å². The number of carbonyl (C=O) groups excluding carboxylic acids is 2. The van der Waals surface area contributed by atoms with Crippen molar-refractivity contribution in [2.24, 2.45) is 5.92 Å². The quantitative estimate of drug-likeness (QED) is 0.845. The van der Waals surface area contributed by atoms with E-state index in [4.69, 9.17) is 14.2 Å². The van der Waals surface area contributed by atoms with Crippen molar-refractivity contribution in [1.29, 1.82) is 0 Å². The summed E-state index contributed by atoms with van der Waals surface area (Å²) in [5.41, 5.74) is 0.577. The Labute approximate surface area is 152 Å². The normalized spacial score (nSPS) is 17.6. The molecule has 26 heavy (non-hydrogen) atoms. The number of benzene rings is 1. The molecule has 0 aromatic heterocycles. The van der Waals surface area contributed by atoms with Gasteiger partial charge >= 0.3 is 6.03 Å². The Bertz CT molecular complexity index is 658. The largest absolute Gasteiger partial charge is 0.486 e. The van der Waals surface area contributed by atoms with E-state index in [1.807, 2.05) is 13.8 Å². The number of nitrogens with zero attached hydrogens (tertiary/aromatic N) is 1. The summed E-state index contributed by atoms with van der Waals surface area (Å²) in [7, 11) is 0. The van der Waals surface area contributed by atoms with E-state index in [2.05, 4.69) is 10.6 Å². The molecule has 2 aliphatic heterocycles. The van der Waals surface area contributed by atoms with Gasteiger partial charge in [-0.2, -0.15) is 0 Å². The standard InChI is InChI=1S/C18H25N3O5/c1-12(2)16(17(22)21-5-7-24-8-6-21)20-18(23)19-13-3-4-14-15(11-13)26-10-9-25-14/h3-4,11-12,16H,5-10H2,1-2H3,(H2,19,20,23)/t16-/m0/s1. The van der Waals surface area contributed by atoms with E-state index in [0.29, 0.717) is 56.7 Å². The van der Waals surface area contributed by atoms with E-state index in [1.54, 1.807) is 23.1 Å². The number of ether oxygens (including phenoxy) is 3. The predicted molar refractivity (Wildman–Crippen MR) is 95.6 cm³/mol. The van der Waals surface area contributed by atoms with Gasteiger partial charge in [-0.25, -0.2) is 4.79 Å². The zero-order valence-electron chi connectivity index (χ0n) is 15.1. The minimum absolute atomic E-state index is 0.0311. The van der Waals surface area contributed by atoms with Crippen molar-refractivity contribution in [3.8, 4) is 11.5 Å². The number of carbonyl (C=O) groups is 2. The van der Waals surface area contributed by atoms with Crippen LogP contribution in [0.15, 0.2) is 18.2 Å². The number of fused-ring (bicyclic) bond motifs is 1. The van der Waals surface area contributed by atoms with Crippen molar-refractivity contribution in [2.75, 3.05) is 44.8 Å². The zero-order chi connectivity index (χ0) is 18.5. The molecule has 3 rings (SSSR count). The molecule has 142 valence electrons. The number of anilines is 1. The maximum Gasteiger partial charge on any atom is 0.319 e. The van der Waals surface area contributed by atoms with Gasteiger partial charge < -0.3 is 29.7 Å². The van der Waals surface area contributed by atoms with E-state index in [1.165, 1.54) is 0 Å². The van der Waals surface area contributed by atoms with Crippen molar-refractivity contribution in [2.45, 2.75) is 19.9 Å². The summed E-state index contributed by atoms with van der Waals surface area (Å²) in [6, 6.07) is 4.18. The maximum atomic E-state index is 12.7. The molecule has 2 N–H and O–H groups in total. The lowest BCUT2D eigenvalue weighted by Crippen LogP contribution is -2.54. The number of urea groups is 1. The first-order valence-electron chi connectivity index (χ1n) is 8.88. The summed E-state index contributed by atoms with van der Waals surface area (Å²) in [5, 5.41) is 5.54. The summed E-state index contributed by atoms with van der Waals surface area (Å²) in [5.74, 6) is 1.14. The molecule has 3 amide bonds. The third-order valence-electron chi connectivity index (χ3n) is 4.34. The Balaban J connectivity index is 1.62. The van der Waals surface area contributed by atoms with Gasteiger partial charge in [0.1, 0.15) is 19.3 Å². The number of amides is 3. The van der Waals surface area contributed by atoms with Crippen LogP contribution in [0.25, 0.3) is 0 Å². The Hall–Kier alpha value is -2.48. The molecule has 0 spiro atoms. The molecule has 1 fully saturated rings. The third kappa shape index (κ3) is 4.37. The number of hydrogen-bond acceptors (Lipinski definition) is 5. The minimum atomic E-state index is -0.592. The second kappa shape index (κ2) is 8.27. The fourth-order valence-electron chi connectivity index (χ4n) is 2.92. The topological polar surface area (TPSA) is 89.1 Å². The van der Waals surface area contributed by atoms with Crippen LogP contribution in [0.1, 0.15) is 13.8 Å². The average molecular weight is 363 g/mol. The lowest BCUT2D eigenvalue weighted by atomic mass is 10.0. The Morgan fingerprint density at radius 3 is 2.42 bits per heavy atom. The molecule has 2 heterocycles. The van der Waals surface area contributed by atoms with Gasteiger partial charge in [-0.1, -0.05) is 13.8 Å². The average Bonchev–Trinajstić information content (AvgIpc) is 2.66. The van der Waals surface area contributed by atoms with Gasteiger partial charge in [-0.15, -0.1) is 0 Å². The van der Waals surface area contributed by atoms with Gasteiger partial charge in [-0.3, -0.25) is 4.79 Å². The van der Waals surface area contributed by atoms with Gasteiger partial charge in [0.15, 0.2) is 11.5 Å². The van der Waals surface area contributed by atoms with Crippen molar-refractivity contribution < 1.29 is 23.8 Å². The predicted octanol–water partition coefficient (Wildman–Crippen LogP) is 1.46. The molecule has 0 saturated carbocycles. The highest BCUT2D eigenvalue weighted by molar-refractivity contribution is 5.94. The van der Waals surface area contributed by atoms with Crippen molar-refractivity contribution in [3.63, 3.8) is 0 Å². The second-order valence-electron chi connectivity index (χ2n) is 6.62. The van der Waals surface area contributed by atoms with Crippen LogP contribution in [0.3, 0.4) is 0 Å². The Morgan fingerprint density at radius 2 is 1.73 bits per heavy atom. The summed E-state index contributed by atoms with van der Waals surface area (Å²) in [6.07, 6.45) is 0. The monoisotopic (exact) mass is 363 g/mol. The number of nitrogens with one attached hydrogen (secondary N) is 2. The highest BCUT2D eigenvalue weighted by Crippen LogP contribution is 2.32. The van der Waals surface area contributed by atoms with Gasteiger partial charge in [0.2, 0.25) is 5.91 Å². The van der Waals surface area contributed by atoms with E-state index < -0.39 is 12.1 Å². The van der Waals surface area contributed by atoms with Crippen molar-refractivity contribution >= 4 is 17.6 Å². The summed E-state index contributed by atoms with van der Waals surface area (Å²) in [4.78, 5) is 26.8. The lowest BCUT2D eigenvalue weighted by Gasteiger charge is -2.32. The number of morpholine rings is 1. The van der Waals surface area contributed by atoms with Crippen molar-refractivity contribution in [1.82, 2.24) is 10.2 Å². The molecule has 1 aromatic rings. The fraction of sp³-hybridized carbons (Fsp3) is 0.556. The summed E-state index contributed by atoms with van der Waals surface area (Å²) < 4.78 is 16.3. The highest BCUT2D eigenvalue weighted by Gasteiger charge is 2.29. The maximum absolute atomic E-state index is 12.7. The van der Waals surface area contributed by atoms with Crippen LogP contribution in [-0.2, 0) is 9.53 Å². The summed E-state index contributed by atoms with van der Waals surface area (Å²) in [6.45, 7) is 6.97. The summed E-state index contributed by atoms with van der Waals surface area (Å²) >= 11 is 0. The molecule has 8 nitrogen and oxygen atoms in total. The van der Waals surface area contributed by atoms with E-state index in [9.17, 15) is 9.59 Å². The molecular weight excluding hydrogens is 338 g/mol. The molecule has 8 heteroatoms. The van der Waals surface area contributed by atoms with Crippen LogP contribution in [-0.4, -0.2) is 62.4 Å². The Morgan fingerprint density at radius 1 is 1.04 bits per heavy atom. The van der Waals surface area contributed by atoms with Crippen LogP contribution in [0, 0.1) is 5.92 Å². The van der Waals surface area contributed by atoms with Gasteiger partial charge in [0.05, 0.1) is 13.2 Å². The van der Waals surface area contributed by atoms with Gasteiger partial charge in [0.25, 0.3) is 0 Å². The van der Waals surface area contributed by atoms with Crippen LogP contribution in [0.2, 0.25) is 0 Å². The second-order valence-corrected chi connectivity index (χ2v) is 6.62. The molecule has 0 aliphatic carbocycles. The third-order valence-corrected chi connectivity index (χ3v) is 4.34. The first kappa shape index (κ1) is 18.3. The SMILES string of the molecule is CC(C)[C@H](NC(=O)Nc1ccc2c(c1)OCCO2)C(=O)N1CCOCC1. The molecule has 1 saturated heterocycles. The van der Waals surface area contributed by atoms with Crippen LogP contribution in [0.5, 0.6) is 11.5 Å². The molecule has 1 atom stereocenters. The smallest absolute Gasteiger partial charge is 0.319 e. The lowest BCUT2D eigenvalue weighted by molar-refractivity contribution is -0.138. The first-order chi connectivity index (χ1) is 12.5. The highest BCUT2D eigenvalue weighted by atomic mass is 16.6. The van der Waals surface area contributed by atoms with Gasteiger partial charge in [-0.05, 0) is 18.1 Å². The molecule has 0 unspecified atom stereocenters. The van der Waals surface area contributed by atoms with E-state index in [-0.39, 0.29) is 11.8 Å². The van der Waals surface area contributed by atoms with Crippen LogP contribution >= 0.6 is 0 Å². The number of hydrogen-bond donors (Lipinski definition) is 2. The van der Waals surface area contributed by atoms with Crippen molar-refractivity contribution in [3.05, 3.63) is 18.2 Å². The first-order valence-corrected chi connectivity index (χ1v) is 8.88. The molecular formula is C18H25N3O5. The van der Waals surface area contributed by atoms with E-state index in [0.717, 1.165) is 0 Å². The molecule has 1 aromatic carbocycles.